The second-order valence-corrected chi connectivity index (χ2v) is 6.60. The van der Waals surface area contributed by atoms with E-state index in [0.29, 0.717) is 5.56 Å². The summed E-state index contributed by atoms with van der Waals surface area (Å²) in [6.45, 7) is 0.498. The summed E-state index contributed by atoms with van der Waals surface area (Å²) in [4.78, 5) is 12.1. The molecule has 0 saturated heterocycles. The third-order valence-corrected chi connectivity index (χ3v) is 4.46. The van der Waals surface area contributed by atoms with E-state index >= 15 is 0 Å². The second kappa shape index (κ2) is 10.1. The largest absolute Gasteiger partial charge is 0.461 e. The van der Waals surface area contributed by atoms with Crippen molar-refractivity contribution in [2.45, 2.75) is 52.4 Å². The van der Waals surface area contributed by atoms with Crippen LogP contribution in [0.4, 0.5) is 22.0 Å². The minimum absolute atomic E-state index is 0.0221. The van der Waals surface area contributed by atoms with Gasteiger partial charge in [0.1, 0.15) is 10.8 Å². The van der Waals surface area contributed by atoms with Crippen LogP contribution in [-0.2, 0) is 17.7 Å². The first-order valence-corrected chi connectivity index (χ1v) is 9.53. The Morgan fingerprint density at radius 3 is 2.53 bits per heavy atom. The van der Waals surface area contributed by atoms with Crippen LogP contribution in [0.3, 0.4) is 0 Å². The average molecular weight is 455 g/mol. The lowest BCUT2D eigenvalue weighted by Gasteiger charge is -2.14. The number of benzene rings is 1. The zero-order valence-electron chi connectivity index (χ0n) is 16.2. The molecule has 0 spiro atoms. The van der Waals surface area contributed by atoms with Crippen LogP contribution in [-0.4, -0.2) is 35.1 Å². The van der Waals surface area contributed by atoms with Gasteiger partial charge in [0.2, 0.25) is 0 Å². The molecule has 166 valence electrons. The highest BCUT2D eigenvalue weighted by Gasteiger charge is 2.27. The van der Waals surface area contributed by atoms with E-state index in [1.807, 2.05) is 0 Å². The van der Waals surface area contributed by atoms with Gasteiger partial charge in [-0.05, 0) is 44.4 Å². The Morgan fingerprint density at radius 2 is 1.97 bits per heavy atom. The van der Waals surface area contributed by atoms with E-state index in [2.05, 4.69) is 9.84 Å². The molecule has 0 radical (unpaired) electrons. The van der Waals surface area contributed by atoms with Gasteiger partial charge in [-0.1, -0.05) is 17.7 Å². The Bertz CT molecular complexity index is 884. The summed E-state index contributed by atoms with van der Waals surface area (Å²) in [5.41, 5.74) is 0.514. The molecule has 0 fully saturated rings. The zero-order valence-corrected chi connectivity index (χ0v) is 17.0. The number of rotatable bonds is 9. The molecule has 0 bridgehead atoms. The third-order valence-electron chi connectivity index (χ3n) is 4.11. The van der Waals surface area contributed by atoms with Crippen LogP contribution in [0, 0.1) is 0 Å². The number of ether oxygens (including phenoxy) is 2. The van der Waals surface area contributed by atoms with Crippen LogP contribution in [0.25, 0.3) is 11.3 Å². The first-order chi connectivity index (χ1) is 14.1. The van der Waals surface area contributed by atoms with Crippen molar-refractivity contribution in [3.05, 3.63) is 34.5 Å². The molecule has 0 aliphatic rings. The maximum atomic E-state index is 13.0. The lowest BCUT2D eigenvalue weighted by atomic mass is 10.0. The molecule has 2 aromatic rings. The van der Waals surface area contributed by atoms with E-state index in [4.69, 9.17) is 16.3 Å². The van der Waals surface area contributed by atoms with Crippen LogP contribution >= 0.6 is 11.6 Å². The predicted octanol–water partition coefficient (Wildman–Crippen LogP) is 5.89. The lowest BCUT2D eigenvalue weighted by Crippen LogP contribution is -2.08. The summed E-state index contributed by atoms with van der Waals surface area (Å²) in [5.74, 6) is -1.04. The highest BCUT2D eigenvalue weighted by atomic mass is 35.5. The van der Waals surface area contributed by atoms with Crippen LogP contribution in [0.1, 0.15) is 42.7 Å². The van der Waals surface area contributed by atoms with Crippen LogP contribution in [0.5, 0.6) is 5.75 Å². The van der Waals surface area contributed by atoms with Crippen molar-refractivity contribution in [1.29, 1.82) is 0 Å². The highest BCUT2D eigenvalue weighted by molar-refractivity contribution is 6.36. The van der Waals surface area contributed by atoms with E-state index in [1.165, 1.54) is 22.9 Å². The number of aromatic nitrogens is 2. The van der Waals surface area contributed by atoms with Crippen molar-refractivity contribution < 1.29 is 36.2 Å². The minimum atomic E-state index is -4.30. The molecule has 0 N–H and O–H groups in total. The first kappa shape index (κ1) is 23.9. The van der Waals surface area contributed by atoms with Crippen molar-refractivity contribution in [1.82, 2.24) is 9.78 Å². The highest BCUT2D eigenvalue weighted by Crippen LogP contribution is 2.38. The summed E-state index contributed by atoms with van der Waals surface area (Å²) in [5, 5.41) is 3.99. The van der Waals surface area contributed by atoms with Crippen LogP contribution in [0.15, 0.2) is 18.2 Å². The number of halogens is 6. The molecule has 5 nitrogen and oxygen atoms in total. The molecule has 11 heteroatoms. The molecule has 2 rings (SSSR count). The monoisotopic (exact) mass is 454 g/mol. The molecule has 1 heterocycles. The number of aryl methyl sites for hydroxylation is 2. The van der Waals surface area contributed by atoms with Gasteiger partial charge in [-0.25, -0.2) is 4.79 Å². The van der Waals surface area contributed by atoms with E-state index < -0.39 is 25.2 Å². The fourth-order valence-corrected chi connectivity index (χ4v) is 3.17. The van der Waals surface area contributed by atoms with Gasteiger partial charge < -0.3 is 9.47 Å². The Kier molecular flexibility index (Phi) is 8.05. The van der Waals surface area contributed by atoms with Gasteiger partial charge in [0.05, 0.1) is 12.3 Å². The minimum Gasteiger partial charge on any atom is -0.461 e. The fraction of sp³-hybridized carbons (Fsp3) is 0.474. The zero-order chi connectivity index (χ0) is 22.5. The maximum Gasteiger partial charge on any atom is 0.389 e. The molecule has 1 aromatic carbocycles. The predicted molar refractivity (Wildman–Crippen MR) is 99.9 cm³/mol. The second-order valence-electron chi connectivity index (χ2n) is 6.23. The van der Waals surface area contributed by atoms with Gasteiger partial charge in [-0.2, -0.15) is 27.1 Å². The molecular formula is C19H20ClF5N2O3. The fourth-order valence-electron chi connectivity index (χ4n) is 2.86. The maximum absolute atomic E-state index is 13.0. The van der Waals surface area contributed by atoms with E-state index in [0.717, 1.165) is 0 Å². The summed E-state index contributed by atoms with van der Waals surface area (Å²) < 4.78 is 73.9. The molecule has 0 saturated carbocycles. The van der Waals surface area contributed by atoms with Gasteiger partial charge in [0.15, 0.2) is 5.69 Å². The SMILES string of the molecule is CCOC(=O)c1nn(CC)c(-c2ccc(CCCC(F)(F)F)cc2OC(F)F)c1Cl. The van der Waals surface area contributed by atoms with Crippen LogP contribution < -0.4 is 4.74 Å². The van der Waals surface area contributed by atoms with E-state index in [1.54, 1.807) is 13.8 Å². The Morgan fingerprint density at radius 1 is 1.27 bits per heavy atom. The Labute approximate surface area is 174 Å². The summed E-state index contributed by atoms with van der Waals surface area (Å²) >= 11 is 6.30. The molecule has 0 unspecified atom stereocenters. The molecular weight excluding hydrogens is 435 g/mol. The smallest absolute Gasteiger partial charge is 0.389 e. The van der Waals surface area contributed by atoms with Gasteiger partial charge in [0, 0.05) is 18.5 Å². The molecule has 0 aliphatic heterocycles. The lowest BCUT2D eigenvalue weighted by molar-refractivity contribution is -0.135. The van der Waals surface area contributed by atoms with Gasteiger partial charge in [-0.15, -0.1) is 0 Å². The molecule has 0 aliphatic carbocycles. The topological polar surface area (TPSA) is 53.3 Å². The molecule has 1 aromatic heterocycles. The van der Waals surface area contributed by atoms with E-state index in [9.17, 15) is 26.7 Å². The number of nitrogens with zero attached hydrogens (tertiary/aromatic N) is 2. The number of hydrogen-bond acceptors (Lipinski definition) is 4. The first-order valence-electron chi connectivity index (χ1n) is 9.15. The number of carbonyl (C=O) groups excluding carboxylic acids is 1. The summed E-state index contributed by atoms with van der Waals surface area (Å²) in [6.07, 6.45) is -5.46. The van der Waals surface area contributed by atoms with Crippen molar-refractivity contribution >= 4 is 17.6 Å². The number of esters is 1. The van der Waals surface area contributed by atoms with Gasteiger partial charge >= 0.3 is 18.8 Å². The summed E-state index contributed by atoms with van der Waals surface area (Å²) in [6, 6.07) is 4.15. The number of hydrogen-bond donors (Lipinski definition) is 0. The summed E-state index contributed by atoms with van der Waals surface area (Å²) in [7, 11) is 0. The van der Waals surface area contributed by atoms with Crippen molar-refractivity contribution in [2.75, 3.05) is 6.61 Å². The van der Waals surface area contributed by atoms with Crippen LogP contribution in [0.2, 0.25) is 5.02 Å². The number of carbonyl (C=O) groups is 1. The average Bonchev–Trinajstić information content (AvgIpc) is 2.97. The van der Waals surface area contributed by atoms with Gasteiger partial charge in [-0.3, -0.25) is 4.68 Å². The van der Waals surface area contributed by atoms with Gasteiger partial charge in [0.25, 0.3) is 0 Å². The van der Waals surface area contributed by atoms with E-state index in [-0.39, 0.29) is 53.7 Å². The van der Waals surface area contributed by atoms with Crippen molar-refractivity contribution in [3.8, 4) is 17.0 Å². The quantitative estimate of drug-likeness (QED) is 0.350. The molecule has 30 heavy (non-hydrogen) atoms. The number of alkyl halides is 5. The Hall–Kier alpha value is -2.36. The Balaban J connectivity index is 2.46. The standard InChI is InChI=1S/C19H20ClF5N2O3/c1-3-27-16(14(20)15(26-27)17(28)29-4-2)12-8-7-11(6-5-9-19(23,24)25)10-13(12)30-18(21)22/h7-8,10,18H,3-6,9H2,1-2H3. The third kappa shape index (κ3) is 6.07. The normalized spacial score (nSPS) is 11.8. The molecule has 0 atom stereocenters. The molecule has 0 amide bonds. The van der Waals surface area contributed by atoms with Crippen molar-refractivity contribution in [3.63, 3.8) is 0 Å². The van der Waals surface area contributed by atoms with Crippen molar-refractivity contribution in [2.24, 2.45) is 0 Å².